The average molecular weight is 1230 g/mol. The van der Waals surface area contributed by atoms with Crippen LogP contribution in [0.3, 0.4) is 0 Å². The van der Waals surface area contributed by atoms with Crippen molar-refractivity contribution in [3.05, 3.63) is 107 Å². The number of fused-ring (bicyclic) bond motifs is 2. The van der Waals surface area contributed by atoms with Crippen molar-refractivity contribution in [2.24, 2.45) is 39.0 Å². The highest BCUT2D eigenvalue weighted by Crippen LogP contribution is 2.36. The summed E-state index contributed by atoms with van der Waals surface area (Å²) in [7, 11) is -7.29. The quantitative estimate of drug-likeness (QED) is 0.0327. The molecule has 0 saturated carbocycles. The van der Waals surface area contributed by atoms with Crippen molar-refractivity contribution in [3.63, 3.8) is 0 Å². The second kappa shape index (κ2) is 31.9. The minimum atomic E-state index is -3.66. The number of aliphatic hydroxyl groups excluding tert-OH is 2. The van der Waals surface area contributed by atoms with Crippen LogP contribution in [0.4, 0.5) is 21.0 Å². The number of alkyl carbamates (subject to hydrolysis) is 1. The first-order valence-corrected chi connectivity index (χ1v) is 31.7. The van der Waals surface area contributed by atoms with Crippen LogP contribution in [-0.2, 0) is 39.1 Å². The van der Waals surface area contributed by atoms with E-state index in [-0.39, 0.29) is 59.5 Å². The predicted octanol–water partition coefficient (Wildman–Crippen LogP) is 6.83. The summed E-state index contributed by atoms with van der Waals surface area (Å²) in [6.45, 7) is 12.5. The third-order valence-corrected chi connectivity index (χ3v) is 17.9. The van der Waals surface area contributed by atoms with E-state index in [0.29, 0.717) is 125 Å². The van der Waals surface area contributed by atoms with Crippen LogP contribution in [0.5, 0.6) is 0 Å². The topological polar surface area (TPSA) is 323 Å². The van der Waals surface area contributed by atoms with Gasteiger partial charge in [-0.15, -0.1) is 0 Å². The van der Waals surface area contributed by atoms with Crippen LogP contribution in [0.1, 0.15) is 77.3 Å². The number of amidine groups is 2. The molecule has 4 aliphatic rings. The lowest BCUT2D eigenvalue weighted by atomic mass is 10.0. The van der Waals surface area contributed by atoms with Crippen LogP contribution in [0, 0.1) is 11.8 Å². The lowest BCUT2D eigenvalue weighted by Gasteiger charge is -2.36. The fourth-order valence-corrected chi connectivity index (χ4v) is 13.1. The average Bonchev–Trinajstić information content (AvgIpc) is 2.50. The largest absolute Gasteiger partial charge is 0.454 e. The first kappa shape index (κ1) is 67.1. The second-order valence-corrected chi connectivity index (χ2v) is 24.8. The Morgan fingerprint density at radius 2 is 1.05 bits per heavy atom. The molecule has 0 spiro atoms. The number of nitrogens with one attached hydrogen (secondary N) is 1. The van der Waals surface area contributed by atoms with E-state index in [1.165, 1.54) is 8.61 Å². The molecule has 4 heterocycles. The van der Waals surface area contributed by atoms with E-state index in [1.54, 1.807) is 55.1 Å². The number of carbonyl (C=O) groups is 4. The van der Waals surface area contributed by atoms with Gasteiger partial charge in [-0.25, -0.2) is 36.4 Å². The number of nitrogens with zero attached hydrogens (tertiary/aromatic N) is 6. The van der Waals surface area contributed by atoms with E-state index in [2.05, 4.69) is 20.0 Å². The Bertz CT molecular complexity index is 3360. The van der Waals surface area contributed by atoms with Crippen molar-refractivity contribution in [1.29, 1.82) is 0 Å². The summed E-state index contributed by atoms with van der Waals surface area (Å²) in [5.74, 6) is 0.429. The maximum Gasteiger partial charge on any atom is 0.407 e. The first-order valence-electron chi connectivity index (χ1n) is 28.5. The van der Waals surface area contributed by atoms with Crippen LogP contribution >= 0.6 is 11.6 Å². The Labute approximate surface area is 503 Å². The van der Waals surface area contributed by atoms with Crippen LogP contribution < -0.4 is 22.5 Å². The normalized spacial score (nSPS) is 15.3. The van der Waals surface area contributed by atoms with Gasteiger partial charge in [0.2, 0.25) is 31.9 Å². The van der Waals surface area contributed by atoms with Gasteiger partial charge in [-0.3, -0.25) is 9.59 Å². The predicted molar refractivity (Wildman–Crippen MR) is 330 cm³/mol. The summed E-state index contributed by atoms with van der Waals surface area (Å²) in [6, 6.07) is 24.8. The van der Waals surface area contributed by atoms with E-state index >= 15 is 0 Å². The van der Waals surface area contributed by atoms with Crippen molar-refractivity contribution in [2.45, 2.75) is 76.0 Å². The Balaban J connectivity index is 0.000000250. The molecule has 2 fully saturated rings. The Morgan fingerprint density at radius 3 is 1.42 bits per heavy atom. The lowest BCUT2D eigenvalue weighted by molar-refractivity contribution is -0.128. The molecular weight excluding hydrogens is 1150 g/mol. The van der Waals surface area contributed by atoms with Gasteiger partial charge in [-0.05, 0) is 117 Å². The molecule has 0 aromatic heterocycles. The minimum Gasteiger partial charge on any atom is -0.454 e. The molecular formula is C60H79ClN10O12S2. The summed E-state index contributed by atoms with van der Waals surface area (Å²) < 4.78 is 63.9. The molecule has 0 atom stereocenters. The molecule has 0 unspecified atom stereocenters. The van der Waals surface area contributed by atoms with Gasteiger partial charge in [0.15, 0.2) is 0 Å². The number of ether oxygens (including phenoxy) is 2. The molecule has 9 N–H and O–H groups in total. The third-order valence-electron chi connectivity index (χ3n) is 14.1. The molecule has 0 bridgehead atoms. The second-order valence-electron chi connectivity index (χ2n) is 20.6. The van der Waals surface area contributed by atoms with Crippen LogP contribution in [-0.4, -0.2) is 172 Å². The van der Waals surface area contributed by atoms with Gasteiger partial charge >= 0.3 is 11.5 Å². The van der Waals surface area contributed by atoms with E-state index in [4.69, 9.17) is 33.5 Å². The summed E-state index contributed by atoms with van der Waals surface area (Å²) in [5.41, 5.74) is 24.2. The zero-order valence-corrected chi connectivity index (χ0v) is 51.0. The molecule has 460 valence electrons. The van der Waals surface area contributed by atoms with Crippen LogP contribution in [0.15, 0.2) is 116 Å². The number of hydrogen-bond donors (Lipinski definition) is 6. The molecule has 85 heavy (non-hydrogen) atoms. The number of hydrogen-bond acceptors (Lipinski definition) is 17. The molecule has 0 aliphatic carbocycles. The first-order chi connectivity index (χ1) is 40.7. The van der Waals surface area contributed by atoms with E-state index < -0.39 is 31.6 Å². The van der Waals surface area contributed by atoms with Gasteiger partial charge in [0.05, 0.1) is 34.4 Å². The van der Waals surface area contributed by atoms with E-state index in [1.807, 2.05) is 79.4 Å². The van der Waals surface area contributed by atoms with Crippen molar-refractivity contribution in [1.82, 2.24) is 23.7 Å². The maximum absolute atomic E-state index is 13.5. The smallest absolute Gasteiger partial charge is 0.407 e. The number of benzene rings is 4. The number of aliphatic hydroxyl groups is 2. The highest BCUT2D eigenvalue weighted by molar-refractivity contribution is 7.89. The number of aliphatic imine (C=N–C) groups is 2. The van der Waals surface area contributed by atoms with Gasteiger partial charge in [-0.1, -0.05) is 62.4 Å². The molecule has 2 saturated heterocycles. The molecule has 4 aromatic rings. The highest BCUT2D eigenvalue weighted by Gasteiger charge is 2.38. The van der Waals surface area contributed by atoms with Gasteiger partial charge < -0.3 is 52.0 Å². The molecule has 3 amide bonds. The molecule has 8 rings (SSSR count). The van der Waals surface area contributed by atoms with Crippen molar-refractivity contribution < 1.29 is 55.7 Å². The summed E-state index contributed by atoms with van der Waals surface area (Å²) in [6.07, 6.45) is 6.58. The zero-order valence-electron chi connectivity index (χ0n) is 48.6. The van der Waals surface area contributed by atoms with Crippen molar-refractivity contribution >= 4 is 90.2 Å². The summed E-state index contributed by atoms with van der Waals surface area (Å²) in [4.78, 5) is 61.1. The molecule has 22 nitrogen and oxygen atoms in total. The summed E-state index contributed by atoms with van der Waals surface area (Å²) in [5, 5.41) is 21.2. The standard InChI is InChI=1S/C30H39N5O6S.C27H35N5O4S.C3H5ClO2/c1-3-12-34(13-6-11-32-30(38)41-4-2)29(37)25-14-24-10-9-23(16-27(24)33-28(31)17-25)22-7-5-8-26(15-22)42(39,40)35-18-21(19-35)20-36;1-2-10-31(11-4-9-28)27(34)23-12-22-8-7-21(14-25(22)30-26(29)15-23)20-5-3-6-24(13-20)37(35,36)32-16-19(17-32)18-33;1-2-6-3(4)5/h5,7-10,14-16,21,36H,3-4,6,11-13,17-20H2,1-2H3,(H2,31,33)(H,32,38);3,5-8,12-14,19,33H,2,4,9-11,15-18,28H2,1H3,(H2,29,30);2H2,1H3. The van der Waals surface area contributed by atoms with Crippen molar-refractivity contribution in [2.75, 3.05) is 91.9 Å². The summed E-state index contributed by atoms with van der Waals surface area (Å²) >= 11 is 4.72. The number of amides is 3. The molecule has 0 radical (unpaired) electrons. The fourth-order valence-electron chi connectivity index (χ4n) is 9.67. The lowest BCUT2D eigenvalue weighted by Crippen LogP contribution is -2.51. The van der Waals surface area contributed by atoms with Crippen LogP contribution in [0.2, 0.25) is 0 Å². The molecule has 25 heteroatoms. The number of carbonyl (C=O) groups excluding carboxylic acids is 4. The highest BCUT2D eigenvalue weighted by atomic mass is 35.5. The van der Waals surface area contributed by atoms with Gasteiger partial charge in [-0.2, -0.15) is 8.61 Å². The van der Waals surface area contributed by atoms with Gasteiger partial charge in [0, 0.05) is 131 Å². The van der Waals surface area contributed by atoms with Gasteiger partial charge in [0.1, 0.15) is 11.7 Å². The Hall–Kier alpha value is -7.03. The van der Waals surface area contributed by atoms with Crippen LogP contribution in [0.25, 0.3) is 34.4 Å². The Morgan fingerprint density at radius 1 is 0.624 bits per heavy atom. The number of rotatable bonds is 23. The SMILES string of the molecule is CCCN(CCCN)C(=O)C1=Cc2ccc(-c3cccc(S(=O)(=O)N4CC(CO)C4)c3)cc2N=C(N)C1.CCCN(CCCNC(=O)OCC)C(=O)C1=Cc2ccc(-c3cccc(S(=O)(=O)N4CC(CO)C4)c3)cc2N=C(N)C1.CCOC(=O)Cl. The molecule has 4 aliphatic heterocycles. The number of sulfonamides is 2. The number of halogens is 1. The maximum atomic E-state index is 13.5. The molecule has 4 aromatic carbocycles. The monoisotopic (exact) mass is 1230 g/mol. The van der Waals surface area contributed by atoms with Crippen molar-refractivity contribution in [3.8, 4) is 22.3 Å². The fraction of sp³-hybridized carbons (Fsp3) is 0.433. The minimum absolute atomic E-state index is 0.00889. The third kappa shape index (κ3) is 18.2. The van der Waals surface area contributed by atoms with E-state index in [0.717, 1.165) is 47.1 Å². The number of nitrogens with two attached hydrogens (primary N) is 3. The Kier molecular flexibility index (Phi) is 25.2. The zero-order chi connectivity index (χ0) is 61.8. The van der Waals surface area contributed by atoms with E-state index in [9.17, 15) is 46.2 Å². The van der Waals surface area contributed by atoms with Gasteiger partial charge in [0.25, 0.3) is 0 Å².